The van der Waals surface area contributed by atoms with E-state index in [-0.39, 0.29) is 0 Å². The molecule has 0 aromatic heterocycles. The fraction of sp³-hybridized carbons (Fsp3) is 0.286. The summed E-state index contributed by atoms with van der Waals surface area (Å²) in [6.45, 7) is 0. The molecular weight excluding hydrogens is 130 g/mol. The van der Waals surface area contributed by atoms with Gasteiger partial charge in [0.05, 0.1) is 0 Å². The molecule has 0 saturated heterocycles. The minimum atomic E-state index is -1.17. The zero-order valence-electron chi connectivity index (χ0n) is 5.45. The molecule has 1 unspecified atom stereocenters. The second-order valence-corrected chi connectivity index (χ2v) is 2.34. The first kappa shape index (κ1) is 7.02. The number of hydrogen-bond acceptors (Lipinski definition) is 2. The van der Waals surface area contributed by atoms with Crippen molar-refractivity contribution >= 4 is 5.97 Å². The maximum Gasteiger partial charge on any atom is 0.328 e. The summed E-state index contributed by atoms with van der Waals surface area (Å²) in [5.41, 5.74) is 4.29. The monoisotopic (exact) mass is 139 g/mol. The van der Waals surface area contributed by atoms with Crippen LogP contribution in [0.2, 0.25) is 0 Å². The first-order valence-electron chi connectivity index (χ1n) is 3.02. The Bertz CT molecular complexity index is 208. The van der Waals surface area contributed by atoms with E-state index in [2.05, 4.69) is 0 Å². The van der Waals surface area contributed by atoms with Crippen molar-refractivity contribution in [2.24, 2.45) is 5.73 Å². The highest BCUT2D eigenvalue weighted by atomic mass is 16.4. The van der Waals surface area contributed by atoms with Crippen molar-refractivity contribution in [3.05, 3.63) is 24.3 Å². The van der Waals surface area contributed by atoms with Gasteiger partial charge in [0.1, 0.15) is 5.54 Å². The Kier molecular flexibility index (Phi) is 1.59. The summed E-state index contributed by atoms with van der Waals surface area (Å²) < 4.78 is 0. The molecule has 0 heterocycles. The molecule has 0 radical (unpaired) electrons. The number of carboxylic acids is 1. The maximum atomic E-state index is 10.5. The zero-order chi connectivity index (χ0) is 7.61. The normalized spacial score (nSPS) is 30.5. The summed E-state index contributed by atoms with van der Waals surface area (Å²) in [5.74, 6) is -0.979. The molecule has 1 aliphatic carbocycles. The average Bonchev–Trinajstić information content (AvgIpc) is 1.89. The molecule has 0 saturated carbocycles. The number of rotatable bonds is 1. The van der Waals surface area contributed by atoms with E-state index < -0.39 is 11.5 Å². The van der Waals surface area contributed by atoms with Gasteiger partial charge in [-0.2, -0.15) is 0 Å². The molecule has 3 nitrogen and oxygen atoms in total. The van der Waals surface area contributed by atoms with Gasteiger partial charge in [0, 0.05) is 0 Å². The number of carboxylic acid groups (broad SMARTS) is 1. The topological polar surface area (TPSA) is 63.3 Å². The van der Waals surface area contributed by atoms with Gasteiger partial charge in [0.15, 0.2) is 0 Å². The predicted molar refractivity (Wildman–Crippen MR) is 37.5 cm³/mol. The molecule has 0 bridgehead atoms. The highest BCUT2D eigenvalue weighted by Gasteiger charge is 2.30. The summed E-state index contributed by atoms with van der Waals surface area (Å²) in [6, 6.07) is 0. The molecule has 0 fully saturated rings. The molecule has 0 aromatic carbocycles. The van der Waals surface area contributed by atoms with E-state index >= 15 is 0 Å². The standard InChI is InChI=1S/C7H9NO2/c8-7(6(9)10)4-2-1-3-5-7/h1-4H,5,8H2,(H,9,10). The fourth-order valence-electron chi connectivity index (χ4n) is 0.796. The van der Waals surface area contributed by atoms with Crippen molar-refractivity contribution in [1.82, 2.24) is 0 Å². The Hall–Kier alpha value is -1.09. The van der Waals surface area contributed by atoms with Gasteiger partial charge < -0.3 is 10.8 Å². The van der Waals surface area contributed by atoms with E-state index in [0.29, 0.717) is 6.42 Å². The van der Waals surface area contributed by atoms with Gasteiger partial charge >= 0.3 is 5.97 Å². The van der Waals surface area contributed by atoms with E-state index in [1.54, 1.807) is 18.2 Å². The molecule has 0 spiro atoms. The molecule has 10 heavy (non-hydrogen) atoms. The number of carbonyl (C=O) groups is 1. The Morgan fingerprint density at radius 1 is 1.60 bits per heavy atom. The first-order valence-corrected chi connectivity index (χ1v) is 3.02. The lowest BCUT2D eigenvalue weighted by molar-refractivity contribution is -0.141. The third-order valence-electron chi connectivity index (χ3n) is 1.49. The van der Waals surface area contributed by atoms with Gasteiger partial charge in [-0.25, -0.2) is 4.79 Å². The van der Waals surface area contributed by atoms with Crippen LogP contribution in [-0.4, -0.2) is 16.6 Å². The van der Waals surface area contributed by atoms with Crippen LogP contribution >= 0.6 is 0 Å². The summed E-state index contributed by atoms with van der Waals surface area (Å²) in [4.78, 5) is 10.5. The number of allylic oxidation sites excluding steroid dienone is 2. The lowest BCUT2D eigenvalue weighted by Gasteiger charge is -2.20. The Morgan fingerprint density at radius 3 is 2.60 bits per heavy atom. The minimum absolute atomic E-state index is 0.374. The smallest absolute Gasteiger partial charge is 0.328 e. The van der Waals surface area contributed by atoms with Crippen molar-refractivity contribution < 1.29 is 9.90 Å². The van der Waals surface area contributed by atoms with E-state index in [1.165, 1.54) is 6.08 Å². The van der Waals surface area contributed by atoms with E-state index in [1.807, 2.05) is 0 Å². The van der Waals surface area contributed by atoms with E-state index in [4.69, 9.17) is 10.8 Å². The Balaban J connectivity index is 2.80. The van der Waals surface area contributed by atoms with Crippen LogP contribution in [0.25, 0.3) is 0 Å². The maximum absolute atomic E-state index is 10.5. The van der Waals surface area contributed by atoms with Gasteiger partial charge in [-0.1, -0.05) is 24.3 Å². The van der Waals surface area contributed by atoms with Crippen molar-refractivity contribution in [3.8, 4) is 0 Å². The predicted octanol–water partition coefficient (Wildman–Crippen LogP) is 0.285. The Labute approximate surface area is 58.8 Å². The van der Waals surface area contributed by atoms with Crippen molar-refractivity contribution in [3.63, 3.8) is 0 Å². The van der Waals surface area contributed by atoms with Gasteiger partial charge in [0.2, 0.25) is 0 Å². The molecule has 0 aromatic rings. The first-order chi connectivity index (χ1) is 4.65. The minimum Gasteiger partial charge on any atom is -0.480 e. The van der Waals surface area contributed by atoms with Crippen molar-refractivity contribution in [2.45, 2.75) is 12.0 Å². The SMILES string of the molecule is NC1(C(=O)O)C=CC=CC1. The second kappa shape index (κ2) is 2.27. The Morgan fingerprint density at radius 2 is 2.30 bits per heavy atom. The van der Waals surface area contributed by atoms with Crippen LogP contribution in [0.1, 0.15) is 6.42 Å². The molecule has 1 aliphatic rings. The molecule has 3 N–H and O–H groups in total. The van der Waals surface area contributed by atoms with E-state index in [9.17, 15) is 4.79 Å². The molecule has 54 valence electrons. The highest BCUT2D eigenvalue weighted by Crippen LogP contribution is 2.13. The zero-order valence-corrected chi connectivity index (χ0v) is 5.45. The average molecular weight is 139 g/mol. The molecular formula is C7H9NO2. The highest BCUT2D eigenvalue weighted by molar-refractivity contribution is 5.81. The molecule has 0 aliphatic heterocycles. The van der Waals surface area contributed by atoms with Crippen LogP contribution in [0.4, 0.5) is 0 Å². The van der Waals surface area contributed by atoms with Gasteiger partial charge in [0.25, 0.3) is 0 Å². The quantitative estimate of drug-likeness (QED) is 0.548. The third kappa shape index (κ3) is 1.09. The summed E-state index contributed by atoms with van der Waals surface area (Å²) in [6.07, 6.45) is 7.05. The number of hydrogen-bond donors (Lipinski definition) is 2. The fourth-order valence-corrected chi connectivity index (χ4v) is 0.796. The van der Waals surface area contributed by atoms with Crippen LogP contribution in [0.15, 0.2) is 24.3 Å². The molecule has 0 amide bonds. The van der Waals surface area contributed by atoms with E-state index in [0.717, 1.165) is 0 Å². The third-order valence-corrected chi connectivity index (χ3v) is 1.49. The van der Waals surface area contributed by atoms with Gasteiger partial charge in [-0.15, -0.1) is 0 Å². The second-order valence-electron chi connectivity index (χ2n) is 2.34. The van der Waals surface area contributed by atoms with Crippen molar-refractivity contribution in [1.29, 1.82) is 0 Å². The van der Waals surface area contributed by atoms with Gasteiger partial charge in [-0.3, -0.25) is 0 Å². The van der Waals surface area contributed by atoms with Crippen LogP contribution in [-0.2, 0) is 4.79 Å². The summed E-state index contributed by atoms with van der Waals surface area (Å²) >= 11 is 0. The van der Waals surface area contributed by atoms with Gasteiger partial charge in [-0.05, 0) is 6.42 Å². The summed E-state index contributed by atoms with van der Waals surface area (Å²) in [5, 5.41) is 8.59. The lowest BCUT2D eigenvalue weighted by Crippen LogP contribution is -2.46. The molecule has 1 atom stereocenters. The number of nitrogens with two attached hydrogens (primary N) is 1. The lowest BCUT2D eigenvalue weighted by atomic mass is 9.93. The van der Waals surface area contributed by atoms with Crippen LogP contribution in [0.3, 0.4) is 0 Å². The molecule has 3 heteroatoms. The number of aliphatic carboxylic acids is 1. The summed E-state index contributed by atoms with van der Waals surface area (Å²) in [7, 11) is 0. The van der Waals surface area contributed by atoms with Crippen LogP contribution < -0.4 is 5.73 Å². The van der Waals surface area contributed by atoms with Crippen molar-refractivity contribution in [2.75, 3.05) is 0 Å². The molecule has 1 rings (SSSR count). The largest absolute Gasteiger partial charge is 0.480 e. The van der Waals surface area contributed by atoms with Crippen LogP contribution in [0.5, 0.6) is 0 Å². The van der Waals surface area contributed by atoms with Crippen LogP contribution in [0, 0.1) is 0 Å².